The Morgan fingerprint density at radius 2 is 1.00 bits per heavy atom. The van der Waals surface area contributed by atoms with Crippen LogP contribution >= 0.6 is 0 Å². The van der Waals surface area contributed by atoms with E-state index in [9.17, 15) is 14.4 Å². The van der Waals surface area contributed by atoms with Gasteiger partial charge in [-0.2, -0.15) is 0 Å². The molecule has 0 unspecified atom stereocenters. The number of nitrogens with one attached hydrogen (secondary N) is 2. The first-order valence-corrected chi connectivity index (χ1v) is 8.47. The maximum Gasteiger partial charge on any atom is 0.328 e. The summed E-state index contributed by atoms with van der Waals surface area (Å²) in [5, 5.41) is 4.61. The van der Waals surface area contributed by atoms with E-state index in [-0.39, 0.29) is 35.5 Å². The van der Waals surface area contributed by atoms with E-state index in [0.29, 0.717) is 12.8 Å². The lowest BCUT2D eigenvalue weighted by Crippen LogP contribution is -2.48. The van der Waals surface area contributed by atoms with Crippen LogP contribution in [0.15, 0.2) is 0 Å². The molecule has 0 saturated heterocycles. The highest BCUT2D eigenvalue weighted by Gasteiger charge is 2.27. The minimum atomic E-state index is -0.710. The number of rotatable bonds is 8. The standard InChI is InChI=1S/C17H32N2O3/c1-7-11(5)13(9-3)15(20)18-17(22)19-16(21)14(10-4)12(6)8-2/h11-14H,7-10H2,1-6H3,(H2,18,19,20,21,22)/t11-,12-,13-,14-/m0/s1. The minimum absolute atomic E-state index is 0.206. The molecule has 5 nitrogen and oxygen atoms in total. The van der Waals surface area contributed by atoms with Gasteiger partial charge < -0.3 is 0 Å². The Balaban J connectivity index is 4.61. The molecule has 2 N–H and O–H groups in total. The molecule has 128 valence electrons. The number of amides is 4. The highest BCUT2D eigenvalue weighted by molar-refractivity contribution is 6.03. The molecule has 0 rings (SSSR count). The lowest BCUT2D eigenvalue weighted by Gasteiger charge is -2.22. The van der Waals surface area contributed by atoms with Crippen LogP contribution in [0.5, 0.6) is 0 Å². The molecule has 0 aromatic rings. The van der Waals surface area contributed by atoms with Crippen LogP contribution in [0.4, 0.5) is 4.79 Å². The second-order valence-corrected chi connectivity index (χ2v) is 6.11. The van der Waals surface area contributed by atoms with E-state index >= 15 is 0 Å². The van der Waals surface area contributed by atoms with Gasteiger partial charge in [-0.1, -0.05) is 54.4 Å². The molecule has 0 fully saturated rings. The maximum absolute atomic E-state index is 12.1. The van der Waals surface area contributed by atoms with Gasteiger partial charge in [0.25, 0.3) is 0 Å². The number of carbonyl (C=O) groups excluding carboxylic acids is 3. The summed E-state index contributed by atoms with van der Waals surface area (Å²) < 4.78 is 0. The third kappa shape index (κ3) is 6.16. The molecule has 0 aliphatic carbocycles. The van der Waals surface area contributed by atoms with Crippen LogP contribution < -0.4 is 10.6 Å². The quantitative estimate of drug-likeness (QED) is 0.720. The third-order valence-corrected chi connectivity index (χ3v) is 4.69. The van der Waals surface area contributed by atoms with Crippen LogP contribution in [0.25, 0.3) is 0 Å². The second-order valence-electron chi connectivity index (χ2n) is 6.11. The van der Waals surface area contributed by atoms with Gasteiger partial charge in [-0.25, -0.2) is 4.79 Å². The summed E-state index contributed by atoms with van der Waals surface area (Å²) in [4.78, 5) is 36.1. The number of hydrogen-bond acceptors (Lipinski definition) is 3. The lowest BCUT2D eigenvalue weighted by molar-refractivity contribution is -0.126. The number of carbonyl (C=O) groups is 3. The zero-order chi connectivity index (χ0) is 17.3. The van der Waals surface area contributed by atoms with Gasteiger partial charge in [0.1, 0.15) is 0 Å². The highest BCUT2D eigenvalue weighted by Crippen LogP contribution is 2.19. The van der Waals surface area contributed by atoms with Crippen molar-refractivity contribution < 1.29 is 14.4 Å². The molecule has 22 heavy (non-hydrogen) atoms. The van der Waals surface area contributed by atoms with Crippen molar-refractivity contribution in [2.45, 2.75) is 67.2 Å². The summed E-state index contributed by atoms with van der Waals surface area (Å²) in [6, 6.07) is -0.710. The fraction of sp³-hybridized carbons (Fsp3) is 0.824. The fourth-order valence-corrected chi connectivity index (χ4v) is 2.70. The van der Waals surface area contributed by atoms with Crippen LogP contribution in [0.3, 0.4) is 0 Å². The van der Waals surface area contributed by atoms with Crippen LogP contribution in [0, 0.1) is 23.7 Å². The molecule has 0 aliphatic heterocycles. The van der Waals surface area contributed by atoms with Crippen LogP contribution in [-0.2, 0) is 9.59 Å². The Labute approximate surface area is 134 Å². The Morgan fingerprint density at radius 3 is 1.23 bits per heavy atom. The van der Waals surface area contributed by atoms with Crippen molar-refractivity contribution in [1.29, 1.82) is 0 Å². The van der Waals surface area contributed by atoms with E-state index in [4.69, 9.17) is 0 Å². The Bertz CT molecular complexity index is 348. The largest absolute Gasteiger partial charge is 0.328 e. The summed E-state index contributed by atoms with van der Waals surface area (Å²) in [7, 11) is 0. The van der Waals surface area contributed by atoms with Crippen LogP contribution in [0.1, 0.15) is 67.2 Å². The van der Waals surface area contributed by atoms with Gasteiger partial charge in [-0.05, 0) is 24.7 Å². The molecule has 0 aromatic carbocycles. The first-order chi connectivity index (χ1) is 10.3. The number of urea groups is 1. The van der Waals surface area contributed by atoms with Crippen molar-refractivity contribution in [3.05, 3.63) is 0 Å². The normalized spacial score (nSPS) is 16.3. The summed E-state index contributed by atoms with van der Waals surface area (Å²) >= 11 is 0. The fourth-order valence-electron chi connectivity index (χ4n) is 2.70. The smallest absolute Gasteiger partial charge is 0.278 e. The Hall–Kier alpha value is -1.39. The summed E-state index contributed by atoms with van der Waals surface area (Å²) in [5.74, 6) is -0.615. The second kappa shape index (κ2) is 10.4. The van der Waals surface area contributed by atoms with Gasteiger partial charge in [-0.3, -0.25) is 20.2 Å². The van der Waals surface area contributed by atoms with E-state index in [1.54, 1.807) is 0 Å². The maximum atomic E-state index is 12.1. The van der Waals surface area contributed by atoms with E-state index in [1.165, 1.54) is 0 Å². The molecule has 0 aliphatic rings. The topological polar surface area (TPSA) is 75.3 Å². The van der Waals surface area contributed by atoms with Crippen molar-refractivity contribution in [2.24, 2.45) is 23.7 Å². The molecule has 0 saturated carbocycles. The van der Waals surface area contributed by atoms with Gasteiger partial charge in [0.05, 0.1) is 0 Å². The Kier molecular flexibility index (Phi) is 9.70. The van der Waals surface area contributed by atoms with Crippen molar-refractivity contribution in [3.63, 3.8) is 0 Å². The molecule has 5 heteroatoms. The highest BCUT2D eigenvalue weighted by atomic mass is 16.2. The SMILES string of the molecule is CC[C@H](C(=O)NC(=O)NC(=O)[C@@H](CC)[C@@H](C)CC)[C@@H](C)CC. The van der Waals surface area contributed by atoms with Crippen molar-refractivity contribution in [3.8, 4) is 0 Å². The van der Waals surface area contributed by atoms with E-state index in [0.717, 1.165) is 12.8 Å². The average molecular weight is 312 g/mol. The molecular weight excluding hydrogens is 280 g/mol. The number of hydrogen-bond donors (Lipinski definition) is 2. The minimum Gasteiger partial charge on any atom is -0.278 e. The molecule has 0 spiro atoms. The lowest BCUT2D eigenvalue weighted by atomic mass is 9.88. The van der Waals surface area contributed by atoms with Crippen LogP contribution in [0.2, 0.25) is 0 Å². The van der Waals surface area contributed by atoms with Gasteiger partial charge >= 0.3 is 6.03 Å². The molecule has 0 heterocycles. The zero-order valence-electron chi connectivity index (χ0n) is 14.9. The van der Waals surface area contributed by atoms with Gasteiger partial charge in [0, 0.05) is 11.8 Å². The van der Waals surface area contributed by atoms with Crippen molar-refractivity contribution in [1.82, 2.24) is 10.6 Å². The molecule has 0 bridgehead atoms. The predicted molar refractivity (Wildman–Crippen MR) is 88.2 cm³/mol. The van der Waals surface area contributed by atoms with Crippen molar-refractivity contribution in [2.75, 3.05) is 0 Å². The average Bonchev–Trinajstić information content (AvgIpc) is 2.47. The van der Waals surface area contributed by atoms with E-state index in [2.05, 4.69) is 10.6 Å². The molecule has 4 amide bonds. The third-order valence-electron chi connectivity index (χ3n) is 4.69. The summed E-state index contributed by atoms with van der Waals surface area (Å²) in [6.45, 7) is 11.9. The predicted octanol–water partition coefficient (Wildman–Crippen LogP) is 3.48. The molecule has 0 aromatic heterocycles. The molecule has 0 radical (unpaired) electrons. The van der Waals surface area contributed by atoms with E-state index in [1.807, 2.05) is 41.5 Å². The summed E-state index contributed by atoms with van der Waals surface area (Å²) in [5.41, 5.74) is 0. The first-order valence-electron chi connectivity index (χ1n) is 8.47. The van der Waals surface area contributed by atoms with Gasteiger partial charge in [0.15, 0.2) is 0 Å². The number of imide groups is 2. The zero-order valence-corrected chi connectivity index (χ0v) is 14.9. The van der Waals surface area contributed by atoms with Crippen LogP contribution in [-0.4, -0.2) is 17.8 Å². The van der Waals surface area contributed by atoms with Crippen molar-refractivity contribution >= 4 is 17.8 Å². The first kappa shape index (κ1) is 20.6. The summed E-state index contributed by atoms with van der Waals surface area (Å²) in [6.07, 6.45) is 3.09. The van der Waals surface area contributed by atoms with Gasteiger partial charge in [-0.15, -0.1) is 0 Å². The van der Waals surface area contributed by atoms with Gasteiger partial charge in [0.2, 0.25) is 11.8 Å². The Morgan fingerprint density at radius 1 is 0.682 bits per heavy atom. The monoisotopic (exact) mass is 312 g/mol. The van der Waals surface area contributed by atoms with E-state index < -0.39 is 6.03 Å². The molecule has 4 atom stereocenters. The molecular formula is C17H32N2O3.